The Balaban J connectivity index is 0.00000182. The highest BCUT2D eigenvalue weighted by Gasteiger charge is 2.47. The number of nitrogens with zero attached hydrogens (tertiary/aromatic N) is 2. The first kappa shape index (κ1) is 18.0. The fourth-order valence-electron chi connectivity index (χ4n) is 4.13. The van der Waals surface area contributed by atoms with Gasteiger partial charge in [-0.15, -0.1) is 12.4 Å². The molecule has 1 amide bonds. The number of amides is 1. The molecule has 0 aliphatic carbocycles. The summed E-state index contributed by atoms with van der Waals surface area (Å²) in [5.74, 6) is 1.77. The molecule has 2 aliphatic rings. The zero-order valence-electron chi connectivity index (χ0n) is 14.4. The van der Waals surface area contributed by atoms with Crippen LogP contribution in [0, 0.1) is 11.8 Å². The maximum absolute atomic E-state index is 13.1. The van der Waals surface area contributed by atoms with E-state index in [2.05, 4.69) is 29.5 Å². The second-order valence-electron chi connectivity index (χ2n) is 6.82. The summed E-state index contributed by atoms with van der Waals surface area (Å²) in [6, 6.07) is 12.3. The van der Waals surface area contributed by atoms with E-state index in [-0.39, 0.29) is 24.4 Å². The summed E-state index contributed by atoms with van der Waals surface area (Å²) in [5.41, 5.74) is 1.65. The quantitative estimate of drug-likeness (QED) is 0.909. The molecule has 5 nitrogen and oxygen atoms in total. The fourth-order valence-corrected chi connectivity index (χ4v) is 4.13. The van der Waals surface area contributed by atoms with Crippen molar-refractivity contribution in [3.8, 4) is 0 Å². The Labute approximate surface area is 154 Å². The smallest absolute Gasteiger partial charge is 0.276 e. The van der Waals surface area contributed by atoms with Gasteiger partial charge < -0.3 is 14.7 Å². The van der Waals surface area contributed by atoms with Crippen molar-refractivity contribution in [2.24, 2.45) is 11.8 Å². The lowest BCUT2D eigenvalue weighted by molar-refractivity contribution is 0.0703. The molecule has 0 bridgehead atoms. The lowest BCUT2D eigenvalue weighted by Gasteiger charge is -2.27. The van der Waals surface area contributed by atoms with E-state index < -0.39 is 0 Å². The van der Waals surface area contributed by atoms with Crippen molar-refractivity contribution in [3.05, 3.63) is 53.4 Å². The highest BCUT2D eigenvalue weighted by Crippen LogP contribution is 2.43. The number of aromatic nitrogens is 1. The molecule has 3 heterocycles. The van der Waals surface area contributed by atoms with Gasteiger partial charge in [-0.25, -0.2) is 0 Å². The largest absolute Gasteiger partial charge is 0.361 e. The van der Waals surface area contributed by atoms with Gasteiger partial charge in [0.25, 0.3) is 5.91 Å². The van der Waals surface area contributed by atoms with Crippen LogP contribution in [0.25, 0.3) is 0 Å². The maximum Gasteiger partial charge on any atom is 0.276 e. The van der Waals surface area contributed by atoms with Crippen molar-refractivity contribution in [3.63, 3.8) is 0 Å². The Morgan fingerprint density at radius 1 is 1.32 bits per heavy atom. The summed E-state index contributed by atoms with van der Waals surface area (Å²) in [5, 5.41) is 7.49. The number of hydrogen-bond donors (Lipinski definition) is 1. The first-order valence-electron chi connectivity index (χ1n) is 8.80. The lowest BCUT2D eigenvalue weighted by atomic mass is 9.89. The van der Waals surface area contributed by atoms with Gasteiger partial charge in [0.05, 0.1) is 6.04 Å². The second-order valence-corrected chi connectivity index (χ2v) is 6.82. The number of hydrogen-bond acceptors (Lipinski definition) is 4. The Bertz CT molecular complexity index is 718. The molecule has 1 N–H and O–H groups in total. The molecular formula is C19H24ClN3O2. The van der Waals surface area contributed by atoms with Gasteiger partial charge in [0.15, 0.2) is 5.69 Å². The molecule has 0 spiro atoms. The average Bonchev–Trinajstić information content (AvgIpc) is 3.30. The number of benzene rings is 1. The monoisotopic (exact) mass is 361 g/mol. The molecule has 2 aliphatic heterocycles. The number of aryl methyl sites for hydroxylation is 1. The van der Waals surface area contributed by atoms with E-state index in [9.17, 15) is 4.79 Å². The third-order valence-electron chi connectivity index (χ3n) is 5.24. The van der Waals surface area contributed by atoms with Crippen LogP contribution in [-0.2, 0) is 6.42 Å². The molecule has 25 heavy (non-hydrogen) atoms. The van der Waals surface area contributed by atoms with Crippen LogP contribution < -0.4 is 5.32 Å². The highest BCUT2D eigenvalue weighted by atomic mass is 35.5. The minimum absolute atomic E-state index is 0. The molecule has 2 fully saturated rings. The summed E-state index contributed by atoms with van der Waals surface area (Å²) >= 11 is 0. The number of carbonyl (C=O) groups is 1. The molecule has 0 radical (unpaired) electrons. The summed E-state index contributed by atoms with van der Waals surface area (Å²) in [4.78, 5) is 15.1. The van der Waals surface area contributed by atoms with Crippen molar-refractivity contribution < 1.29 is 9.32 Å². The van der Waals surface area contributed by atoms with Crippen LogP contribution in [-0.4, -0.2) is 35.6 Å². The Hall–Kier alpha value is -1.85. The van der Waals surface area contributed by atoms with Crippen molar-refractivity contribution in [2.45, 2.75) is 25.8 Å². The standard InChI is InChI=1S/C19H23N3O2.ClH/c1-2-6-15-9-17(21-24-15)19(23)22-12-14-10-20-11-16(14)18(22)13-7-4-3-5-8-13;/h3-5,7-9,14,16,18,20H,2,6,10-12H2,1H3;1H/t14-,16-,18+;/m0./s1. The Kier molecular flexibility index (Phi) is 5.45. The van der Waals surface area contributed by atoms with E-state index >= 15 is 0 Å². The maximum atomic E-state index is 13.1. The van der Waals surface area contributed by atoms with Crippen LogP contribution in [0.4, 0.5) is 0 Å². The molecule has 6 heteroatoms. The third kappa shape index (κ3) is 3.31. The predicted octanol–water partition coefficient (Wildman–Crippen LogP) is 3.08. The first-order valence-corrected chi connectivity index (χ1v) is 8.80. The van der Waals surface area contributed by atoms with Gasteiger partial charge in [-0.05, 0) is 17.9 Å². The van der Waals surface area contributed by atoms with Gasteiger partial charge in [0, 0.05) is 38.0 Å². The van der Waals surface area contributed by atoms with Crippen LogP contribution in [0.15, 0.2) is 40.9 Å². The number of halogens is 1. The summed E-state index contributed by atoms with van der Waals surface area (Å²) in [7, 11) is 0. The Morgan fingerprint density at radius 2 is 2.12 bits per heavy atom. The Morgan fingerprint density at radius 3 is 2.88 bits per heavy atom. The molecule has 1 aromatic carbocycles. The van der Waals surface area contributed by atoms with Gasteiger partial charge >= 0.3 is 0 Å². The number of carbonyl (C=O) groups excluding carboxylic acids is 1. The summed E-state index contributed by atoms with van der Waals surface area (Å²) in [6.07, 6.45) is 1.80. The first-order chi connectivity index (χ1) is 11.8. The van der Waals surface area contributed by atoms with Gasteiger partial charge in [-0.2, -0.15) is 0 Å². The van der Waals surface area contributed by atoms with Crippen molar-refractivity contribution in [1.29, 1.82) is 0 Å². The van der Waals surface area contributed by atoms with E-state index in [1.54, 1.807) is 6.07 Å². The third-order valence-corrected chi connectivity index (χ3v) is 5.24. The fraction of sp³-hybridized carbons (Fsp3) is 0.474. The second kappa shape index (κ2) is 7.58. The molecule has 134 valence electrons. The van der Waals surface area contributed by atoms with Gasteiger partial charge in [-0.1, -0.05) is 42.4 Å². The summed E-state index contributed by atoms with van der Waals surface area (Å²) in [6.45, 7) is 4.82. The SMILES string of the molecule is CCCc1cc(C(=O)N2C[C@@H]3CNC[C@@H]3[C@H]2c2ccccc2)no1.Cl. The van der Waals surface area contributed by atoms with Crippen molar-refractivity contribution in [2.75, 3.05) is 19.6 Å². The van der Waals surface area contributed by atoms with Crippen LogP contribution in [0.3, 0.4) is 0 Å². The molecule has 3 atom stereocenters. The van der Waals surface area contributed by atoms with Crippen LogP contribution in [0.5, 0.6) is 0 Å². The molecule has 0 saturated carbocycles. The van der Waals surface area contributed by atoms with Gasteiger partial charge in [-0.3, -0.25) is 4.79 Å². The zero-order valence-corrected chi connectivity index (χ0v) is 15.2. The van der Waals surface area contributed by atoms with E-state index in [1.807, 2.05) is 23.1 Å². The number of nitrogens with one attached hydrogen (secondary N) is 1. The van der Waals surface area contributed by atoms with Crippen LogP contribution in [0.1, 0.15) is 41.2 Å². The molecule has 4 rings (SSSR count). The topological polar surface area (TPSA) is 58.4 Å². The minimum atomic E-state index is -0.00986. The van der Waals surface area contributed by atoms with E-state index in [0.717, 1.165) is 38.2 Å². The molecular weight excluding hydrogens is 338 g/mol. The van der Waals surface area contributed by atoms with Crippen molar-refractivity contribution >= 4 is 18.3 Å². The summed E-state index contributed by atoms with van der Waals surface area (Å²) < 4.78 is 5.31. The van der Waals surface area contributed by atoms with Crippen LogP contribution >= 0.6 is 12.4 Å². The average molecular weight is 362 g/mol. The highest BCUT2D eigenvalue weighted by molar-refractivity contribution is 5.92. The van der Waals surface area contributed by atoms with E-state index in [0.29, 0.717) is 17.5 Å². The molecule has 2 aromatic rings. The predicted molar refractivity (Wildman–Crippen MR) is 97.8 cm³/mol. The minimum Gasteiger partial charge on any atom is -0.361 e. The van der Waals surface area contributed by atoms with E-state index in [4.69, 9.17) is 4.52 Å². The normalized spacial score (nSPS) is 24.8. The van der Waals surface area contributed by atoms with Gasteiger partial charge in [0.2, 0.25) is 0 Å². The number of rotatable bonds is 4. The molecule has 1 aromatic heterocycles. The van der Waals surface area contributed by atoms with Crippen LogP contribution in [0.2, 0.25) is 0 Å². The number of likely N-dealkylation sites (tertiary alicyclic amines) is 1. The molecule has 0 unspecified atom stereocenters. The number of fused-ring (bicyclic) bond motifs is 1. The van der Waals surface area contributed by atoms with Crippen molar-refractivity contribution in [1.82, 2.24) is 15.4 Å². The van der Waals surface area contributed by atoms with E-state index in [1.165, 1.54) is 5.56 Å². The lowest BCUT2D eigenvalue weighted by Crippen LogP contribution is -2.34. The van der Waals surface area contributed by atoms with Gasteiger partial charge in [0.1, 0.15) is 5.76 Å². The molecule has 2 saturated heterocycles. The zero-order chi connectivity index (χ0) is 16.5.